The third kappa shape index (κ3) is 3.14. The molecule has 7 heteroatoms. The maximum atomic E-state index is 11.9. The Hall–Kier alpha value is -1.31. The molecule has 1 aliphatic rings. The number of rotatable bonds is 4. The fraction of sp³-hybridized carbons (Fsp3) is 0.643. The van der Waals surface area contributed by atoms with Crippen LogP contribution in [0.5, 0.6) is 0 Å². The summed E-state index contributed by atoms with van der Waals surface area (Å²) in [6.07, 6.45) is 2.45. The van der Waals surface area contributed by atoms with E-state index in [1.54, 1.807) is 0 Å². The minimum absolute atomic E-state index is 0.0950. The van der Waals surface area contributed by atoms with Crippen molar-refractivity contribution in [1.29, 1.82) is 0 Å². The van der Waals surface area contributed by atoms with Crippen LogP contribution >= 0.6 is 11.3 Å². The van der Waals surface area contributed by atoms with Crippen LogP contribution in [0.2, 0.25) is 0 Å². The van der Waals surface area contributed by atoms with Gasteiger partial charge in [0, 0.05) is 24.3 Å². The number of nitrogens with one attached hydrogen (secondary N) is 1. The summed E-state index contributed by atoms with van der Waals surface area (Å²) < 4.78 is 1.42. The number of nitrogens with zero attached hydrogens (tertiary/aromatic N) is 4. The van der Waals surface area contributed by atoms with E-state index in [0.717, 1.165) is 36.9 Å². The predicted molar refractivity (Wildman–Crippen MR) is 83.8 cm³/mol. The van der Waals surface area contributed by atoms with Crippen LogP contribution < -0.4 is 10.9 Å². The first-order chi connectivity index (χ1) is 10.2. The molecule has 1 saturated heterocycles. The number of hydrogen-bond acceptors (Lipinski definition) is 6. The molecule has 2 aromatic heterocycles. The van der Waals surface area contributed by atoms with Crippen LogP contribution in [-0.4, -0.2) is 45.2 Å². The molecule has 1 aliphatic heterocycles. The molecule has 3 rings (SSSR count). The van der Waals surface area contributed by atoms with Crippen molar-refractivity contribution >= 4 is 16.3 Å². The summed E-state index contributed by atoms with van der Waals surface area (Å²) in [6.45, 7) is 7.95. The molecule has 0 bridgehead atoms. The highest BCUT2D eigenvalue weighted by Gasteiger charge is 2.21. The van der Waals surface area contributed by atoms with E-state index in [9.17, 15) is 4.79 Å². The van der Waals surface area contributed by atoms with Gasteiger partial charge in [-0.1, -0.05) is 18.3 Å². The van der Waals surface area contributed by atoms with E-state index in [2.05, 4.69) is 27.2 Å². The minimum atomic E-state index is -0.0950. The Morgan fingerprint density at radius 1 is 1.57 bits per heavy atom. The number of hydrogen-bond donors (Lipinski definition) is 1. The van der Waals surface area contributed by atoms with E-state index in [-0.39, 0.29) is 5.56 Å². The van der Waals surface area contributed by atoms with Gasteiger partial charge < -0.3 is 5.32 Å². The van der Waals surface area contributed by atoms with Gasteiger partial charge in [0.05, 0.1) is 6.54 Å². The molecular formula is C14H21N5OS. The molecule has 0 spiro atoms. The molecule has 3 heterocycles. The summed E-state index contributed by atoms with van der Waals surface area (Å²) in [7, 11) is 0. The molecule has 0 aromatic carbocycles. The van der Waals surface area contributed by atoms with Gasteiger partial charge in [0.1, 0.15) is 5.01 Å². The van der Waals surface area contributed by atoms with Gasteiger partial charge >= 0.3 is 0 Å². The molecule has 1 unspecified atom stereocenters. The zero-order chi connectivity index (χ0) is 14.8. The van der Waals surface area contributed by atoms with E-state index < -0.39 is 0 Å². The number of aromatic nitrogens is 3. The lowest BCUT2D eigenvalue weighted by atomic mass is 10.1. The quantitative estimate of drug-likeness (QED) is 0.914. The predicted octanol–water partition coefficient (Wildman–Crippen LogP) is 1.03. The van der Waals surface area contributed by atoms with Crippen LogP contribution in [0.3, 0.4) is 0 Å². The average Bonchev–Trinajstić information content (AvgIpc) is 2.88. The largest absolute Gasteiger partial charge is 0.315 e. The van der Waals surface area contributed by atoms with Gasteiger partial charge in [0.25, 0.3) is 5.56 Å². The molecule has 0 radical (unpaired) electrons. The van der Waals surface area contributed by atoms with Crippen LogP contribution in [0, 0.1) is 6.92 Å². The van der Waals surface area contributed by atoms with Crippen LogP contribution in [0.4, 0.5) is 0 Å². The Labute approximate surface area is 127 Å². The van der Waals surface area contributed by atoms with Crippen LogP contribution in [0.15, 0.2) is 10.9 Å². The molecule has 6 nitrogen and oxygen atoms in total. The Kier molecular flexibility index (Phi) is 4.32. The molecule has 0 aliphatic carbocycles. The van der Waals surface area contributed by atoms with Crippen LogP contribution in [-0.2, 0) is 6.54 Å². The van der Waals surface area contributed by atoms with Crippen LogP contribution in [0.1, 0.15) is 30.5 Å². The standard InChI is InChI=1S/C14H21N5OS/c1-3-18(11-5-4-6-15-8-11)9-12-17-19-13(20)7-10(2)16-14(19)21-12/h7,11,15H,3-6,8-9H2,1-2H3. The third-order valence-electron chi connectivity index (χ3n) is 3.95. The SMILES string of the molecule is CCN(Cc1nn2c(=O)cc(C)nc2s1)C1CCCNC1. The first-order valence-electron chi connectivity index (χ1n) is 7.48. The van der Waals surface area contributed by atoms with Crippen molar-refractivity contribution < 1.29 is 0 Å². The summed E-state index contributed by atoms with van der Waals surface area (Å²) in [5, 5.41) is 8.84. The third-order valence-corrected chi connectivity index (χ3v) is 4.84. The van der Waals surface area contributed by atoms with E-state index in [4.69, 9.17) is 0 Å². The first kappa shape index (κ1) is 14.6. The van der Waals surface area contributed by atoms with E-state index in [1.165, 1.54) is 34.8 Å². The highest BCUT2D eigenvalue weighted by molar-refractivity contribution is 7.16. The maximum Gasteiger partial charge on any atom is 0.275 e. The second-order valence-corrected chi connectivity index (χ2v) is 6.53. The maximum absolute atomic E-state index is 11.9. The molecule has 2 aromatic rings. The first-order valence-corrected chi connectivity index (χ1v) is 8.30. The van der Waals surface area contributed by atoms with Gasteiger partial charge in [0.2, 0.25) is 4.96 Å². The van der Waals surface area contributed by atoms with E-state index >= 15 is 0 Å². The number of likely N-dealkylation sites (N-methyl/N-ethyl adjacent to an activating group) is 1. The minimum Gasteiger partial charge on any atom is -0.315 e. The highest BCUT2D eigenvalue weighted by Crippen LogP contribution is 2.17. The monoisotopic (exact) mass is 307 g/mol. The number of piperidine rings is 1. The summed E-state index contributed by atoms with van der Waals surface area (Å²) in [6, 6.07) is 2.08. The fourth-order valence-electron chi connectivity index (χ4n) is 2.84. The molecule has 21 heavy (non-hydrogen) atoms. The lowest BCUT2D eigenvalue weighted by molar-refractivity contribution is 0.165. The molecule has 1 fully saturated rings. The summed E-state index contributed by atoms with van der Waals surface area (Å²) in [5.41, 5.74) is 0.654. The number of aryl methyl sites for hydroxylation is 1. The van der Waals surface area contributed by atoms with Crippen molar-refractivity contribution in [2.24, 2.45) is 0 Å². The molecule has 0 amide bonds. The van der Waals surface area contributed by atoms with Gasteiger partial charge in [-0.3, -0.25) is 9.69 Å². The Morgan fingerprint density at radius 3 is 3.14 bits per heavy atom. The Balaban J connectivity index is 1.82. The van der Waals surface area contributed by atoms with Crippen molar-refractivity contribution in [3.8, 4) is 0 Å². The molecule has 1 atom stereocenters. The second kappa shape index (κ2) is 6.21. The summed E-state index contributed by atoms with van der Waals surface area (Å²) in [4.78, 5) is 19.4. The molecule has 0 saturated carbocycles. The van der Waals surface area contributed by atoms with Gasteiger partial charge in [-0.25, -0.2) is 4.98 Å². The van der Waals surface area contributed by atoms with Crippen molar-refractivity contribution in [2.75, 3.05) is 19.6 Å². The average molecular weight is 307 g/mol. The smallest absolute Gasteiger partial charge is 0.275 e. The summed E-state index contributed by atoms with van der Waals surface area (Å²) >= 11 is 1.51. The van der Waals surface area contributed by atoms with Crippen molar-refractivity contribution in [3.63, 3.8) is 0 Å². The lowest BCUT2D eigenvalue weighted by Gasteiger charge is -2.33. The fourth-order valence-corrected chi connectivity index (χ4v) is 3.81. The van der Waals surface area contributed by atoms with Gasteiger partial charge in [-0.05, 0) is 32.9 Å². The van der Waals surface area contributed by atoms with Crippen molar-refractivity contribution in [3.05, 3.63) is 27.1 Å². The second-order valence-electron chi connectivity index (χ2n) is 5.49. The van der Waals surface area contributed by atoms with Gasteiger partial charge in [0.15, 0.2) is 0 Å². The van der Waals surface area contributed by atoms with Gasteiger partial charge in [-0.15, -0.1) is 0 Å². The highest BCUT2D eigenvalue weighted by atomic mass is 32.1. The van der Waals surface area contributed by atoms with Crippen molar-refractivity contribution in [1.82, 2.24) is 24.8 Å². The zero-order valence-corrected chi connectivity index (χ0v) is 13.3. The summed E-state index contributed by atoms with van der Waals surface area (Å²) in [5.74, 6) is 0. The molecule has 1 N–H and O–H groups in total. The number of fused-ring (bicyclic) bond motifs is 1. The zero-order valence-electron chi connectivity index (χ0n) is 12.5. The molecule has 114 valence electrons. The normalized spacial score (nSPS) is 19.5. The Bertz CT molecular complexity index is 674. The topological polar surface area (TPSA) is 62.5 Å². The van der Waals surface area contributed by atoms with E-state index in [0.29, 0.717) is 11.0 Å². The Morgan fingerprint density at radius 2 is 2.43 bits per heavy atom. The van der Waals surface area contributed by atoms with Crippen molar-refractivity contribution in [2.45, 2.75) is 39.3 Å². The molecular weight excluding hydrogens is 286 g/mol. The van der Waals surface area contributed by atoms with Gasteiger partial charge in [-0.2, -0.15) is 9.61 Å². The van der Waals surface area contributed by atoms with E-state index in [1.807, 2.05) is 6.92 Å². The van der Waals surface area contributed by atoms with Crippen LogP contribution in [0.25, 0.3) is 4.96 Å². The lowest BCUT2D eigenvalue weighted by Crippen LogP contribution is -2.45.